The first-order valence-corrected chi connectivity index (χ1v) is 7.74. The van der Waals surface area contributed by atoms with Gasteiger partial charge in [0.2, 0.25) is 10.1 Å². The van der Waals surface area contributed by atoms with E-state index in [0.717, 1.165) is 32.9 Å². The monoisotopic (exact) mass is 322 g/mol. The van der Waals surface area contributed by atoms with Gasteiger partial charge in [0, 0.05) is 24.2 Å². The van der Waals surface area contributed by atoms with Crippen molar-refractivity contribution in [2.75, 3.05) is 19.0 Å². The van der Waals surface area contributed by atoms with Gasteiger partial charge in [-0.15, -0.1) is 5.10 Å². The summed E-state index contributed by atoms with van der Waals surface area (Å²) in [5.41, 5.74) is 1.92. The summed E-state index contributed by atoms with van der Waals surface area (Å²) in [6.45, 7) is 2.72. The van der Waals surface area contributed by atoms with Gasteiger partial charge in [0.15, 0.2) is 0 Å². The summed E-state index contributed by atoms with van der Waals surface area (Å²) < 4.78 is 6.98. The van der Waals surface area contributed by atoms with Crippen LogP contribution in [0.25, 0.3) is 16.2 Å². The number of ether oxygens (including phenoxy) is 1. The first-order chi connectivity index (χ1) is 10.2. The van der Waals surface area contributed by atoms with E-state index in [1.165, 1.54) is 11.3 Å². The lowest BCUT2D eigenvalue weighted by molar-refractivity contribution is 0.129. The van der Waals surface area contributed by atoms with E-state index >= 15 is 0 Å². The SMILES string of the molecule is COC(C)CNc1nn2cc(-c3ccc(Cl)cc3)nc2s1. The Kier molecular flexibility index (Phi) is 4.10. The summed E-state index contributed by atoms with van der Waals surface area (Å²) in [5, 5.41) is 9.26. The fourth-order valence-corrected chi connectivity index (χ4v) is 2.76. The summed E-state index contributed by atoms with van der Waals surface area (Å²) in [7, 11) is 1.69. The van der Waals surface area contributed by atoms with Crippen molar-refractivity contribution >= 4 is 33.0 Å². The van der Waals surface area contributed by atoms with Gasteiger partial charge in [0.25, 0.3) is 0 Å². The maximum Gasteiger partial charge on any atom is 0.214 e. The van der Waals surface area contributed by atoms with Crippen LogP contribution in [0.1, 0.15) is 6.92 Å². The number of halogens is 1. The molecule has 0 radical (unpaired) electrons. The molecular formula is C14H15ClN4OS. The highest BCUT2D eigenvalue weighted by atomic mass is 35.5. The predicted molar refractivity (Wildman–Crippen MR) is 86.3 cm³/mol. The highest BCUT2D eigenvalue weighted by Gasteiger charge is 2.10. The molecule has 21 heavy (non-hydrogen) atoms. The van der Waals surface area contributed by atoms with Crippen LogP contribution in [-0.4, -0.2) is 34.4 Å². The van der Waals surface area contributed by atoms with E-state index in [1.54, 1.807) is 11.6 Å². The number of hydrogen-bond acceptors (Lipinski definition) is 5. The van der Waals surface area contributed by atoms with E-state index in [-0.39, 0.29) is 6.10 Å². The summed E-state index contributed by atoms with van der Waals surface area (Å²) in [6, 6.07) is 7.62. The van der Waals surface area contributed by atoms with Crippen molar-refractivity contribution in [3.8, 4) is 11.3 Å². The van der Waals surface area contributed by atoms with Gasteiger partial charge in [-0.2, -0.15) is 0 Å². The maximum absolute atomic E-state index is 5.90. The first kappa shape index (κ1) is 14.3. The molecule has 5 nitrogen and oxygen atoms in total. The molecule has 0 aliphatic carbocycles. The lowest BCUT2D eigenvalue weighted by atomic mass is 10.2. The number of nitrogens with one attached hydrogen (secondary N) is 1. The Balaban J connectivity index is 1.79. The molecule has 2 aromatic heterocycles. The Hall–Kier alpha value is -1.63. The maximum atomic E-state index is 5.90. The number of aromatic nitrogens is 3. The van der Waals surface area contributed by atoms with Gasteiger partial charge in [-0.3, -0.25) is 0 Å². The van der Waals surface area contributed by atoms with Gasteiger partial charge in [-0.1, -0.05) is 35.1 Å². The lowest BCUT2D eigenvalue weighted by Crippen LogP contribution is -2.17. The van der Waals surface area contributed by atoms with E-state index in [0.29, 0.717) is 0 Å². The zero-order chi connectivity index (χ0) is 14.8. The van der Waals surface area contributed by atoms with E-state index in [9.17, 15) is 0 Å². The summed E-state index contributed by atoms with van der Waals surface area (Å²) >= 11 is 7.41. The molecule has 7 heteroatoms. The van der Waals surface area contributed by atoms with Gasteiger partial charge in [0.05, 0.1) is 18.0 Å². The summed E-state index contributed by atoms with van der Waals surface area (Å²) in [4.78, 5) is 5.44. The molecule has 0 aliphatic heterocycles. The second-order valence-corrected chi connectivity index (χ2v) is 6.09. The molecule has 1 unspecified atom stereocenters. The number of imidazole rings is 1. The zero-order valence-corrected chi connectivity index (χ0v) is 13.3. The van der Waals surface area contributed by atoms with Gasteiger partial charge < -0.3 is 10.1 Å². The van der Waals surface area contributed by atoms with Crippen molar-refractivity contribution in [2.45, 2.75) is 13.0 Å². The average molecular weight is 323 g/mol. The highest BCUT2D eigenvalue weighted by molar-refractivity contribution is 7.20. The van der Waals surface area contributed by atoms with Crippen LogP contribution in [0.5, 0.6) is 0 Å². The molecule has 3 rings (SSSR count). The summed E-state index contributed by atoms with van der Waals surface area (Å²) in [6.07, 6.45) is 2.06. The normalized spacial score (nSPS) is 12.7. The third-order valence-electron chi connectivity index (χ3n) is 3.13. The molecule has 0 amide bonds. The van der Waals surface area contributed by atoms with Gasteiger partial charge in [0.1, 0.15) is 0 Å². The van der Waals surface area contributed by atoms with Crippen molar-refractivity contribution in [1.29, 1.82) is 0 Å². The molecule has 0 spiro atoms. The van der Waals surface area contributed by atoms with E-state index in [1.807, 2.05) is 37.4 Å². The molecule has 0 bridgehead atoms. The van der Waals surface area contributed by atoms with Crippen LogP contribution in [-0.2, 0) is 4.74 Å². The molecule has 3 aromatic rings. The number of hydrogen-bond donors (Lipinski definition) is 1. The van der Waals surface area contributed by atoms with E-state index in [4.69, 9.17) is 16.3 Å². The number of benzene rings is 1. The fraction of sp³-hybridized carbons (Fsp3) is 0.286. The lowest BCUT2D eigenvalue weighted by Gasteiger charge is -2.08. The molecular weight excluding hydrogens is 308 g/mol. The minimum atomic E-state index is 0.144. The van der Waals surface area contributed by atoms with Crippen LogP contribution in [0.15, 0.2) is 30.5 Å². The number of fused-ring (bicyclic) bond motifs is 1. The second-order valence-electron chi connectivity index (χ2n) is 4.69. The molecule has 1 N–H and O–H groups in total. The van der Waals surface area contributed by atoms with Crippen LogP contribution in [0.2, 0.25) is 5.02 Å². The molecule has 2 heterocycles. The van der Waals surface area contributed by atoms with Gasteiger partial charge in [-0.05, 0) is 19.1 Å². The molecule has 0 fully saturated rings. The van der Waals surface area contributed by atoms with Crippen molar-refractivity contribution < 1.29 is 4.74 Å². The van der Waals surface area contributed by atoms with Crippen molar-refractivity contribution in [2.24, 2.45) is 0 Å². The van der Waals surface area contributed by atoms with E-state index < -0.39 is 0 Å². The summed E-state index contributed by atoms with van der Waals surface area (Å²) in [5.74, 6) is 0. The quantitative estimate of drug-likeness (QED) is 0.780. The van der Waals surface area contributed by atoms with Gasteiger partial charge >= 0.3 is 0 Å². The van der Waals surface area contributed by atoms with Crippen LogP contribution in [0.3, 0.4) is 0 Å². The van der Waals surface area contributed by atoms with Crippen molar-refractivity contribution in [3.05, 3.63) is 35.5 Å². The number of methoxy groups -OCH3 is 1. The molecule has 0 aliphatic rings. The molecule has 0 saturated carbocycles. The number of anilines is 1. The molecule has 1 atom stereocenters. The molecule has 1 aromatic carbocycles. The first-order valence-electron chi connectivity index (χ1n) is 6.54. The van der Waals surface area contributed by atoms with Crippen molar-refractivity contribution in [1.82, 2.24) is 14.6 Å². The highest BCUT2D eigenvalue weighted by Crippen LogP contribution is 2.25. The third-order valence-corrected chi connectivity index (χ3v) is 4.26. The predicted octanol–water partition coefficient (Wildman–Crippen LogP) is 3.56. The topological polar surface area (TPSA) is 51.5 Å². The average Bonchev–Trinajstić information content (AvgIpc) is 3.03. The smallest absolute Gasteiger partial charge is 0.214 e. The standard InChI is InChI=1S/C14H15ClN4OS/c1-9(20-2)7-16-13-18-19-8-12(17-14(19)21-13)10-3-5-11(15)6-4-10/h3-6,8-9H,7H2,1-2H3,(H,16,18). The molecule has 0 saturated heterocycles. The third kappa shape index (κ3) is 3.18. The Labute approximate surface area is 131 Å². The zero-order valence-electron chi connectivity index (χ0n) is 11.7. The van der Waals surface area contributed by atoms with Gasteiger partial charge in [-0.25, -0.2) is 9.50 Å². The van der Waals surface area contributed by atoms with Crippen LogP contribution in [0, 0.1) is 0 Å². The second kappa shape index (κ2) is 6.01. The van der Waals surface area contributed by atoms with Crippen LogP contribution in [0.4, 0.5) is 5.13 Å². The Morgan fingerprint density at radius 3 is 2.81 bits per heavy atom. The van der Waals surface area contributed by atoms with Crippen LogP contribution >= 0.6 is 22.9 Å². The van der Waals surface area contributed by atoms with Crippen LogP contribution < -0.4 is 5.32 Å². The number of rotatable bonds is 5. The fourth-order valence-electron chi connectivity index (χ4n) is 1.85. The minimum Gasteiger partial charge on any atom is -0.380 e. The number of nitrogens with zero attached hydrogens (tertiary/aromatic N) is 3. The Morgan fingerprint density at radius 2 is 2.14 bits per heavy atom. The van der Waals surface area contributed by atoms with Crippen molar-refractivity contribution in [3.63, 3.8) is 0 Å². The largest absolute Gasteiger partial charge is 0.380 e. The van der Waals surface area contributed by atoms with E-state index in [2.05, 4.69) is 15.4 Å². The minimum absolute atomic E-state index is 0.144. The Morgan fingerprint density at radius 1 is 1.38 bits per heavy atom. The molecule has 110 valence electrons. The Bertz CT molecular complexity index is 706.